The zero-order chi connectivity index (χ0) is 31.9. The number of fused-ring (bicyclic) bond motifs is 4. The predicted octanol–water partition coefficient (Wildman–Crippen LogP) is 12.3. The molecule has 0 amide bonds. The van der Waals surface area contributed by atoms with Gasteiger partial charge in [-0.1, -0.05) is 152 Å². The highest BCUT2D eigenvalue weighted by molar-refractivity contribution is 5.98. The van der Waals surface area contributed by atoms with E-state index in [0.717, 1.165) is 17.1 Å². The Hall–Kier alpha value is -6.18. The van der Waals surface area contributed by atoms with E-state index in [-0.39, 0.29) is 0 Å². The summed E-state index contributed by atoms with van der Waals surface area (Å²) in [6.07, 6.45) is 0. The molecule has 0 saturated heterocycles. The van der Waals surface area contributed by atoms with E-state index < -0.39 is 5.41 Å². The molecule has 0 unspecified atom stereocenters. The zero-order valence-electron chi connectivity index (χ0n) is 26.5. The molecule has 0 N–H and O–H groups in total. The van der Waals surface area contributed by atoms with E-state index in [1.807, 2.05) is 0 Å². The van der Waals surface area contributed by atoms with Gasteiger partial charge in [0.15, 0.2) is 0 Å². The van der Waals surface area contributed by atoms with Gasteiger partial charge in [-0.2, -0.15) is 0 Å². The van der Waals surface area contributed by atoms with Crippen molar-refractivity contribution in [2.45, 2.75) is 5.41 Å². The van der Waals surface area contributed by atoms with Gasteiger partial charge in [0, 0.05) is 17.1 Å². The van der Waals surface area contributed by atoms with Gasteiger partial charge in [0.05, 0.1) is 5.41 Å². The van der Waals surface area contributed by atoms with E-state index in [1.165, 1.54) is 55.3 Å². The third-order valence-electron chi connectivity index (χ3n) is 9.90. The van der Waals surface area contributed by atoms with Crippen molar-refractivity contribution in [1.29, 1.82) is 0 Å². The molecule has 0 heterocycles. The quantitative estimate of drug-likeness (QED) is 0.181. The number of rotatable bonds is 6. The molecule has 1 nitrogen and oxygen atoms in total. The molecule has 48 heavy (non-hydrogen) atoms. The molecule has 8 aromatic rings. The van der Waals surface area contributed by atoms with Crippen LogP contribution in [0.15, 0.2) is 200 Å². The lowest BCUT2D eigenvalue weighted by Gasteiger charge is -2.34. The average molecular weight is 612 g/mol. The van der Waals surface area contributed by atoms with Gasteiger partial charge in [-0.25, -0.2) is 0 Å². The molecule has 0 radical (unpaired) electrons. The normalized spacial score (nSPS) is 12.8. The Labute approximate surface area is 282 Å². The third kappa shape index (κ3) is 4.47. The highest BCUT2D eigenvalue weighted by Gasteiger charge is 2.46. The average Bonchev–Trinajstić information content (AvgIpc) is 3.45. The fraction of sp³-hybridized carbons (Fsp3) is 0.0213. The smallest absolute Gasteiger partial charge is 0.0713 e. The molecule has 1 heteroatoms. The first-order chi connectivity index (χ1) is 23.8. The first-order valence-corrected chi connectivity index (χ1v) is 16.6. The summed E-state index contributed by atoms with van der Waals surface area (Å²) in [6.45, 7) is 0. The molecule has 0 spiro atoms. The Bertz CT molecular complexity index is 2320. The van der Waals surface area contributed by atoms with E-state index >= 15 is 0 Å². The fourth-order valence-electron chi connectivity index (χ4n) is 7.77. The van der Waals surface area contributed by atoms with Crippen LogP contribution in [-0.4, -0.2) is 0 Å². The maximum atomic E-state index is 2.45. The van der Waals surface area contributed by atoms with Crippen molar-refractivity contribution < 1.29 is 0 Å². The maximum Gasteiger partial charge on any atom is 0.0713 e. The van der Waals surface area contributed by atoms with Crippen LogP contribution in [0.2, 0.25) is 0 Å². The van der Waals surface area contributed by atoms with Crippen LogP contribution in [0.5, 0.6) is 0 Å². The van der Waals surface area contributed by atoms with Crippen LogP contribution in [0.4, 0.5) is 17.1 Å². The van der Waals surface area contributed by atoms with Gasteiger partial charge in [-0.15, -0.1) is 0 Å². The highest BCUT2D eigenvalue weighted by Crippen LogP contribution is 2.57. The number of hydrogen-bond acceptors (Lipinski definition) is 1. The van der Waals surface area contributed by atoms with Crippen molar-refractivity contribution in [2.24, 2.45) is 0 Å². The molecular formula is C47H33N. The second-order valence-corrected chi connectivity index (χ2v) is 12.5. The Morgan fingerprint density at radius 2 is 0.833 bits per heavy atom. The summed E-state index contributed by atoms with van der Waals surface area (Å²) in [5, 5.41) is 2.45. The van der Waals surface area contributed by atoms with Crippen molar-refractivity contribution in [3.8, 4) is 22.3 Å². The molecule has 1 aliphatic carbocycles. The molecule has 226 valence electrons. The molecule has 0 fully saturated rings. The minimum absolute atomic E-state index is 0.426. The van der Waals surface area contributed by atoms with E-state index in [4.69, 9.17) is 0 Å². The van der Waals surface area contributed by atoms with Crippen molar-refractivity contribution in [3.05, 3.63) is 222 Å². The largest absolute Gasteiger partial charge is 0.310 e. The lowest BCUT2D eigenvalue weighted by Crippen LogP contribution is -2.28. The van der Waals surface area contributed by atoms with Crippen LogP contribution in [0.25, 0.3) is 33.0 Å². The van der Waals surface area contributed by atoms with Crippen LogP contribution in [-0.2, 0) is 5.41 Å². The van der Waals surface area contributed by atoms with Crippen molar-refractivity contribution in [2.75, 3.05) is 4.90 Å². The molecule has 0 saturated carbocycles. The fourth-order valence-corrected chi connectivity index (χ4v) is 7.77. The number of benzene rings is 8. The van der Waals surface area contributed by atoms with Gasteiger partial charge in [0.2, 0.25) is 0 Å². The Morgan fingerprint density at radius 3 is 1.50 bits per heavy atom. The van der Waals surface area contributed by atoms with Crippen molar-refractivity contribution in [3.63, 3.8) is 0 Å². The van der Waals surface area contributed by atoms with E-state index in [1.54, 1.807) is 0 Å². The first kappa shape index (κ1) is 28.1. The summed E-state index contributed by atoms with van der Waals surface area (Å²) in [4.78, 5) is 2.36. The maximum absolute atomic E-state index is 2.45. The molecule has 8 aromatic carbocycles. The molecule has 0 aliphatic heterocycles. The summed E-state index contributed by atoms with van der Waals surface area (Å²) < 4.78 is 0. The van der Waals surface area contributed by atoms with Gasteiger partial charge in [0.1, 0.15) is 0 Å². The van der Waals surface area contributed by atoms with Crippen molar-refractivity contribution in [1.82, 2.24) is 0 Å². The van der Waals surface area contributed by atoms with Crippen LogP contribution in [0.3, 0.4) is 0 Å². The minimum atomic E-state index is -0.426. The zero-order valence-corrected chi connectivity index (χ0v) is 26.5. The van der Waals surface area contributed by atoms with Gasteiger partial charge in [-0.3, -0.25) is 0 Å². The molecule has 0 aromatic heterocycles. The van der Waals surface area contributed by atoms with Gasteiger partial charge >= 0.3 is 0 Å². The van der Waals surface area contributed by atoms with E-state index in [0.29, 0.717) is 0 Å². The van der Waals surface area contributed by atoms with E-state index in [9.17, 15) is 0 Å². The number of nitrogens with zero attached hydrogens (tertiary/aromatic N) is 1. The van der Waals surface area contributed by atoms with Gasteiger partial charge in [0.25, 0.3) is 0 Å². The topological polar surface area (TPSA) is 3.24 Å². The minimum Gasteiger partial charge on any atom is -0.310 e. The molecule has 9 rings (SSSR count). The Balaban J connectivity index is 1.25. The Kier molecular flexibility index (Phi) is 6.76. The Morgan fingerprint density at radius 1 is 0.312 bits per heavy atom. The number of hydrogen-bond donors (Lipinski definition) is 0. The number of anilines is 3. The van der Waals surface area contributed by atoms with Crippen LogP contribution in [0.1, 0.15) is 22.3 Å². The molecule has 0 bridgehead atoms. The number of para-hydroxylation sites is 1. The summed E-state index contributed by atoms with van der Waals surface area (Å²) in [6, 6.07) is 72.9. The second-order valence-electron chi connectivity index (χ2n) is 12.5. The van der Waals surface area contributed by atoms with Crippen LogP contribution >= 0.6 is 0 Å². The molecular weight excluding hydrogens is 579 g/mol. The van der Waals surface area contributed by atoms with Gasteiger partial charge < -0.3 is 4.90 Å². The molecule has 0 atom stereocenters. The van der Waals surface area contributed by atoms with Crippen LogP contribution < -0.4 is 4.90 Å². The third-order valence-corrected chi connectivity index (χ3v) is 9.90. The predicted molar refractivity (Wildman–Crippen MR) is 201 cm³/mol. The lowest BCUT2D eigenvalue weighted by atomic mass is 9.67. The summed E-state index contributed by atoms with van der Waals surface area (Å²) >= 11 is 0. The summed E-state index contributed by atoms with van der Waals surface area (Å²) in [7, 11) is 0. The monoisotopic (exact) mass is 611 g/mol. The SMILES string of the molecule is c1ccc(-c2ccc(N(c3ccccc3)c3ccc4cc5c(cc4c3)C(c3ccccc3)(c3ccccc3)c3ccccc3-5)cc2)cc1. The van der Waals surface area contributed by atoms with Crippen LogP contribution in [0, 0.1) is 0 Å². The summed E-state index contributed by atoms with van der Waals surface area (Å²) in [5.41, 5.74) is 13.2. The highest BCUT2D eigenvalue weighted by atomic mass is 15.1. The van der Waals surface area contributed by atoms with Crippen molar-refractivity contribution >= 4 is 27.8 Å². The molecule has 1 aliphatic rings. The first-order valence-electron chi connectivity index (χ1n) is 16.6. The second kappa shape index (κ2) is 11.6. The van der Waals surface area contributed by atoms with E-state index in [2.05, 4.69) is 205 Å². The lowest BCUT2D eigenvalue weighted by molar-refractivity contribution is 0.769. The standard InChI is InChI=1S/C47H33N/c1-5-15-34(16-6-1)35-25-28-41(29-26-35)48(40-21-11-4-12-22-40)42-30-27-36-32-44-43-23-13-14-24-45(43)47(38-17-7-2-8-18-38,39-19-9-3-10-20-39)46(44)33-37(36)31-42/h1-33H. The van der Waals surface area contributed by atoms with Gasteiger partial charge in [-0.05, 0) is 104 Å². The summed E-state index contributed by atoms with van der Waals surface area (Å²) in [5.74, 6) is 0.